The zero-order valence-electron chi connectivity index (χ0n) is 23.5. The van der Waals surface area contributed by atoms with Gasteiger partial charge in [-0.15, -0.1) is 0 Å². The topological polar surface area (TPSA) is 84.9 Å². The van der Waals surface area contributed by atoms with Crippen LogP contribution >= 0.6 is 0 Å². The highest BCUT2D eigenvalue weighted by atomic mass is 19.1. The molecule has 1 N–H and O–H groups in total. The second-order valence-corrected chi connectivity index (χ2v) is 11.7. The number of carbonyl (C=O) groups is 2. The van der Waals surface area contributed by atoms with Gasteiger partial charge in [0.25, 0.3) is 5.91 Å². The Bertz CT molecular complexity index is 1330. The first-order chi connectivity index (χ1) is 19.3. The summed E-state index contributed by atoms with van der Waals surface area (Å²) in [5.74, 6) is 0.554. The summed E-state index contributed by atoms with van der Waals surface area (Å²) in [7, 11) is 0. The van der Waals surface area contributed by atoms with Gasteiger partial charge >= 0.3 is 0 Å². The SMILES string of the molecule is C=C1C[C@@H]2C[C@H]1[C@@H](C(=O)N1CCC(N3CCN(c4ccc(F)cc4C(=O)N(CC)C(C)C)c4cncnc43)C1)N2. The molecule has 1 aromatic carbocycles. The van der Waals surface area contributed by atoms with Crippen LogP contribution in [0.1, 0.15) is 50.4 Å². The molecule has 3 aliphatic heterocycles. The number of hydrogen-bond acceptors (Lipinski definition) is 7. The van der Waals surface area contributed by atoms with Crippen LogP contribution in [-0.2, 0) is 4.79 Å². The van der Waals surface area contributed by atoms with E-state index in [-0.39, 0.29) is 35.9 Å². The maximum absolute atomic E-state index is 14.4. The van der Waals surface area contributed by atoms with Crippen molar-refractivity contribution in [2.75, 3.05) is 42.5 Å². The summed E-state index contributed by atoms with van der Waals surface area (Å²) in [6.07, 6.45) is 6.14. The molecule has 1 aliphatic carbocycles. The number of piperidine rings is 1. The molecule has 1 aromatic heterocycles. The zero-order chi connectivity index (χ0) is 28.1. The quantitative estimate of drug-likeness (QED) is 0.556. The number of fused-ring (bicyclic) bond motifs is 3. The number of aromatic nitrogens is 2. The lowest BCUT2D eigenvalue weighted by molar-refractivity contribution is -0.133. The van der Waals surface area contributed by atoms with E-state index in [1.807, 2.05) is 30.6 Å². The lowest BCUT2D eigenvalue weighted by atomic mass is 9.95. The van der Waals surface area contributed by atoms with Crippen molar-refractivity contribution in [3.05, 3.63) is 54.3 Å². The second-order valence-electron chi connectivity index (χ2n) is 11.7. The maximum Gasteiger partial charge on any atom is 0.256 e. The lowest BCUT2D eigenvalue weighted by Gasteiger charge is -2.41. The van der Waals surface area contributed by atoms with Gasteiger partial charge in [-0.2, -0.15) is 0 Å². The van der Waals surface area contributed by atoms with E-state index in [9.17, 15) is 14.0 Å². The van der Waals surface area contributed by atoms with Crippen molar-refractivity contribution in [1.29, 1.82) is 0 Å². The first kappa shape index (κ1) is 26.7. The van der Waals surface area contributed by atoms with Gasteiger partial charge in [-0.25, -0.2) is 14.4 Å². The number of rotatable bonds is 6. The molecular formula is C30H38FN7O2. The molecule has 0 spiro atoms. The van der Waals surface area contributed by atoms with Gasteiger partial charge < -0.3 is 24.9 Å². The van der Waals surface area contributed by atoms with Gasteiger partial charge in [0, 0.05) is 56.8 Å². The van der Waals surface area contributed by atoms with Crippen molar-refractivity contribution in [3.8, 4) is 0 Å². The fraction of sp³-hybridized carbons (Fsp3) is 0.533. The van der Waals surface area contributed by atoms with Crippen LogP contribution in [-0.4, -0.2) is 88.5 Å². The number of benzene rings is 1. The predicted octanol–water partition coefficient (Wildman–Crippen LogP) is 3.35. The van der Waals surface area contributed by atoms with Crippen LogP contribution in [0.5, 0.6) is 0 Å². The molecule has 3 fully saturated rings. The van der Waals surface area contributed by atoms with Gasteiger partial charge in [0.05, 0.1) is 23.5 Å². The first-order valence-electron chi connectivity index (χ1n) is 14.4. The van der Waals surface area contributed by atoms with Gasteiger partial charge in [-0.3, -0.25) is 9.59 Å². The Morgan fingerprint density at radius 1 is 1.23 bits per heavy atom. The normalized spacial score (nSPS) is 25.6. The number of hydrogen-bond donors (Lipinski definition) is 1. The van der Waals surface area contributed by atoms with Crippen LogP contribution < -0.4 is 15.1 Å². The van der Waals surface area contributed by atoms with Gasteiger partial charge in [0.2, 0.25) is 5.91 Å². The molecule has 9 nitrogen and oxygen atoms in total. The van der Waals surface area contributed by atoms with Gasteiger partial charge in [0.15, 0.2) is 5.82 Å². The van der Waals surface area contributed by atoms with Crippen molar-refractivity contribution in [3.63, 3.8) is 0 Å². The molecule has 2 aromatic rings. The molecule has 10 heteroatoms. The third-order valence-corrected chi connectivity index (χ3v) is 9.08. The number of nitrogens with zero attached hydrogens (tertiary/aromatic N) is 6. The fourth-order valence-corrected chi connectivity index (χ4v) is 7.11. The Kier molecular flexibility index (Phi) is 6.98. The Morgan fingerprint density at radius 2 is 2.05 bits per heavy atom. The molecule has 6 rings (SSSR count). The van der Waals surface area contributed by atoms with Crippen LogP contribution in [0.4, 0.5) is 21.6 Å². The highest BCUT2D eigenvalue weighted by Gasteiger charge is 2.47. The van der Waals surface area contributed by atoms with Crippen molar-refractivity contribution < 1.29 is 14.0 Å². The highest BCUT2D eigenvalue weighted by molar-refractivity contribution is 6.01. The van der Waals surface area contributed by atoms with Crippen LogP contribution in [0.25, 0.3) is 0 Å². The number of anilines is 3. The predicted molar refractivity (Wildman–Crippen MR) is 152 cm³/mol. The van der Waals surface area contributed by atoms with E-state index in [2.05, 4.69) is 26.8 Å². The van der Waals surface area contributed by atoms with E-state index >= 15 is 0 Å². The largest absolute Gasteiger partial charge is 0.348 e. The summed E-state index contributed by atoms with van der Waals surface area (Å²) < 4.78 is 14.4. The number of carbonyl (C=O) groups excluding carboxylic acids is 2. The molecule has 4 atom stereocenters. The minimum Gasteiger partial charge on any atom is -0.348 e. The molecule has 2 saturated heterocycles. The smallest absolute Gasteiger partial charge is 0.256 e. The van der Waals surface area contributed by atoms with Crippen molar-refractivity contribution >= 4 is 29.0 Å². The fourth-order valence-electron chi connectivity index (χ4n) is 7.11. The first-order valence-corrected chi connectivity index (χ1v) is 14.4. The Labute approximate surface area is 235 Å². The molecular weight excluding hydrogens is 509 g/mol. The van der Waals surface area contributed by atoms with E-state index in [1.165, 1.54) is 24.0 Å². The van der Waals surface area contributed by atoms with Crippen molar-refractivity contribution in [2.24, 2.45) is 5.92 Å². The molecule has 1 saturated carbocycles. The van der Waals surface area contributed by atoms with Crippen LogP contribution in [0.2, 0.25) is 0 Å². The van der Waals surface area contributed by atoms with Gasteiger partial charge in [-0.05, 0) is 58.2 Å². The molecule has 4 heterocycles. The minimum atomic E-state index is -0.445. The van der Waals surface area contributed by atoms with Gasteiger partial charge in [0.1, 0.15) is 17.8 Å². The summed E-state index contributed by atoms with van der Waals surface area (Å²) in [5, 5.41) is 3.52. The Balaban J connectivity index is 1.24. The minimum absolute atomic E-state index is 0.0122. The van der Waals surface area contributed by atoms with E-state index in [0.29, 0.717) is 50.0 Å². The van der Waals surface area contributed by atoms with E-state index in [4.69, 9.17) is 0 Å². The molecule has 4 aliphatic rings. The molecule has 2 bridgehead atoms. The zero-order valence-corrected chi connectivity index (χ0v) is 23.5. The number of amides is 2. The second kappa shape index (κ2) is 10.5. The average Bonchev–Trinajstić information content (AvgIpc) is 3.68. The number of likely N-dealkylation sites (tertiary alicyclic amines) is 1. The number of halogens is 1. The summed E-state index contributed by atoms with van der Waals surface area (Å²) in [5.41, 5.74) is 2.95. The third-order valence-electron chi connectivity index (χ3n) is 9.08. The summed E-state index contributed by atoms with van der Waals surface area (Å²) >= 11 is 0. The van der Waals surface area contributed by atoms with Crippen molar-refractivity contribution in [2.45, 2.75) is 64.2 Å². The standard InChI is InChI=1S/C30H38FN7O2/c1-5-36(18(2)3)29(39)24-13-20(31)6-7-25(24)38-11-10-37(28-26(38)15-32-17-33-28)22-8-9-35(16-22)30(40)27-23-14-21(34-27)12-19(23)4/h6-7,13,15,17-18,21-23,27,34H,4-5,8-12,14,16H2,1-3H3/t21-,22?,23-,27+/m1/s1. The molecule has 1 unspecified atom stereocenters. The Morgan fingerprint density at radius 3 is 2.77 bits per heavy atom. The van der Waals surface area contributed by atoms with Crippen LogP contribution in [0.15, 0.2) is 42.9 Å². The van der Waals surface area contributed by atoms with Crippen molar-refractivity contribution in [1.82, 2.24) is 25.1 Å². The van der Waals surface area contributed by atoms with E-state index < -0.39 is 5.82 Å². The Hall–Kier alpha value is -3.53. The molecule has 0 radical (unpaired) electrons. The summed E-state index contributed by atoms with van der Waals surface area (Å²) in [6, 6.07) is 4.75. The summed E-state index contributed by atoms with van der Waals surface area (Å²) in [6.45, 7) is 13.2. The van der Waals surface area contributed by atoms with E-state index in [1.54, 1.807) is 17.2 Å². The van der Waals surface area contributed by atoms with Crippen LogP contribution in [0.3, 0.4) is 0 Å². The van der Waals surface area contributed by atoms with E-state index in [0.717, 1.165) is 30.8 Å². The molecule has 2 amide bonds. The summed E-state index contributed by atoms with van der Waals surface area (Å²) in [4.78, 5) is 44.0. The number of nitrogens with one attached hydrogen (secondary N) is 1. The van der Waals surface area contributed by atoms with Gasteiger partial charge in [-0.1, -0.05) is 12.2 Å². The lowest BCUT2D eigenvalue weighted by Crippen LogP contribution is -2.51. The molecule has 212 valence electrons. The van der Waals surface area contributed by atoms with Crippen LogP contribution in [0, 0.1) is 11.7 Å². The highest BCUT2D eigenvalue weighted by Crippen LogP contribution is 2.41. The molecule has 40 heavy (non-hydrogen) atoms. The third kappa shape index (κ3) is 4.52. The maximum atomic E-state index is 14.4. The average molecular weight is 548 g/mol. The monoisotopic (exact) mass is 547 g/mol.